The highest BCUT2D eigenvalue weighted by Gasteiger charge is 2.22. The lowest BCUT2D eigenvalue weighted by Crippen LogP contribution is -2.05. The summed E-state index contributed by atoms with van der Waals surface area (Å²) in [6.45, 7) is 1.88. The standard InChI is InChI=1S/C21H23NO6/c1-11-13-9-15(24-2)16(25-3)10-14(13)22-19(11)20(23)12-7-17(26-4)21(28-6)18(8-12)27-5/h7-10,22H,1-6H3. The van der Waals surface area contributed by atoms with Crippen molar-refractivity contribution in [3.8, 4) is 28.7 Å². The summed E-state index contributed by atoms with van der Waals surface area (Å²) in [4.78, 5) is 16.4. The van der Waals surface area contributed by atoms with Crippen molar-refractivity contribution in [3.05, 3.63) is 41.1 Å². The second-order valence-electron chi connectivity index (χ2n) is 6.12. The van der Waals surface area contributed by atoms with Gasteiger partial charge in [-0.2, -0.15) is 0 Å². The molecule has 0 fully saturated rings. The fraction of sp³-hybridized carbons (Fsp3) is 0.286. The molecular formula is C21H23NO6. The second kappa shape index (κ2) is 7.72. The number of methoxy groups -OCH3 is 5. The first kappa shape index (κ1) is 19.4. The zero-order chi connectivity index (χ0) is 20.4. The third-order valence-corrected chi connectivity index (χ3v) is 4.72. The lowest BCUT2D eigenvalue weighted by molar-refractivity contribution is 0.103. The molecule has 0 bridgehead atoms. The van der Waals surface area contributed by atoms with Gasteiger partial charge in [0.05, 0.1) is 46.8 Å². The van der Waals surface area contributed by atoms with Gasteiger partial charge in [0, 0.05) is 17.0 Å². The Kier molecular flexibility index (Phi) is 5.35. The van der Waals surface area contributed by atoms with E-state index in [9.17, 15) is 4.79 Å². The molecule has 7 heteroatoms. The number of carbonyl (C=O) groups excluding carboxylic acids is 1. The minimum atomic E-state index is -0.189. The van der Waals surface area contributed by atoms with Gasteiger partial charge in [0.15, 0.2) is 23.0 Å². The summed E-state index contributed by atoms with van der Waals surface area (Å²) in [6.07, 6.45) is 0. The van der Waals surface area contributed by atoms with E-state index in [1.807, 2.05) is 19.1 Å². The van der Waals surface area contributed by atoms with E-state index in [2.05, 4.69) is 4.98 Å². The van der Waals surface area contributed by atoms with E-state index in [1.54, 1.807) is 26.4 Å². The number of hydrogen-bond donors (Lipinski definition) is 1. The van der Waals surface area contributed by atoms with Gasteiger partial charge in [0.1, 0.15) is 0 Å². The van der Waals surface area contributed by atoms with Gasteiger partial charge in [-0.05, 0) is 30.7 Å². The van der Waals surface area contributed by atoms with Crippen molar-refractivity contribution in [3.63, 3.8) is 0 Å². The van der Waals surface area contributed by atoms with Crippen LogP contribution >= 0.6 is 0 Å². The molecule has 28 heavy (non-hydrogen) atoms. The summed E-state index contributed by atoms with van der Waals surface area (Å²) in [5.41, 5.74) is 2.49. The first-order valence-electron chi connectivity index (χ1n) is 8.58. The zero-order valence-electron chi connectivity index (χ0n) is 16.8. The molecule has 1 N–H and O–H groups in total. The summed E-state index contributed by atoms with van der Waals surface area (Å²) in [5, 5.41) is 0.883. The maximum absolute atomic E-state index is 13.2. The van der Waals surface area contributed by atoms with Gasteiger partial charge < -0.3 is 28.7 Å². The maximum Gasteiger partial charge on any atom is 0.209 e. The number of aromatic amines is 1. The van der Waals surface area contributed by atoms with Crippen molar-refractivity contribution in [2.24, 2.45) is 0 Å². The highest BCUT2D eigenvalue weighted by Crippen LogP contribution is 2.39. The SMILES string of the molecule is COc1cc2[nH]c(C(=O)c3cc(OC)c(OC)c(OC)c3)c(C)c2cc1OC. The monoisotopic (exact) mass is 385 g/mol. The Balaban J connectivity index is 2.15. The largest absolute Gasteiger partial charge is 0.493 e. The lowest BCUT2D eigenvalue weighted by Gasteiger charge is -2.13. The van der Waals surface area contributed by atoms with Gasteiger partial charge in [-0.15, -0.1) is 0 Å². The predicted octanol–water partition coefficient (Wildman–Crippen LogP) is 3.75. The highest BCUT2D eigenvalue weighted by molar-refractivity contribution is 6.12. The number of aryl methyl sites for hydroxylation is 1. The quantitative estimate of drug-likeness (QED) is 0.624. The number of H-pyrrole nitrogens is 1. The van der Waals surface area contributed by atoms with Gasteiger partial charge in [-0.25, -0.2) is 0 Å². The van der Waals surface area contributed by atoms with Crippen LogP contribution in [0, 0.1) is 6.92 Å². The van der Waals surface area contributed by atoms with Crippen LogP contribution < -0.4 is 23.7 Å². The number of nitrogens with one attached hydrogen (secondary N) is 1. The van der Waals surface area contributed by atoms with Crippen molar-refractivity contribution in [2.75, 3.05) is 35.5 Å². The Hall–Kier alpha value is -3.35. The highest BCUT2D eigenvalue weighted by atomic mass is 16.5. The minimum absolute atomic E-state index is 0.189. The Labute approximate surface area is 163 Å². The Morgan fingerprint density at radius 3 is 1.79 bits per heavy atom. The topological polar surface area (TPSA) is 79.0 Å². The third kappa shape index (κ3) is 3.09. The molecule has 0 atom stereocenters. The molecule has 3 rings (SSSR count). The molecule has 0 aliphatic carbocycles. The van der Waals surface area contributed by atoms with Crippen molar-refractivity contribution < 1.29 is 28.5 Å². The van der Waals surface area contributed by atoms with Crippen molar-refractivity contribution >= 4 is 16.7 Å². The van der Waals surface area contributed by atoms with Gasteiger partial charge >= 0.3 is 0 Å². The normalized spacial score (nSPS) is 10.6. The van der Waals surface area contributed by atoms with E-state index in [1.165, 1.54) is 21.3 Å². The molecule has 0 aliphatic heterocycles. The second-order valence-corrected chi connectivity index (χ2v) is 6.12. The molecule has 1 aromatic heterocycles. The first-order chi connectivity index (χ1) is 13.5. The number of rotatable bonds is 7. The number of hydrogen-bond acceptors (Lipinski definition) is 6. The third-order valence-electron chi connectivity index (χ3n) is 4.72. The number of benzene rings is 2. The van der Waals surface area contributed by atoms with Crippen LogP contribution in [-0.2, 0) is 0 Å². The number of fused-ring (bicyclic) bond motifs is 1. The molecule has 148 valence electrons. The number of carbonyl (C=O) groups is 1. The average molecular weight is 385 g/mol. The van der Waals surface area contributed by atoms with Crippen LogP contribution in [0.5, 0.6) is 28.7 Å². The fourth-order valence-electron chi connectivity index (χ4n) is 3.24. The van der Waals surface area contributed by atoms with Gasteiger partial charge in [0.2, 0.25) is 11.5 Å². The Morgan fingerprint density at radius 2 is 1.29 bits per heavy atom. The van der Waals surface area contributed by atoms with Crippen molar-refractivity contribution in [1.29, 1.82) is 0 Å². The van der Waals surface area contributed by atoms with Crippen LogP contribution in [0.4, 0.5) is 0 Å². The van der Waals surface area contributed by atoms with Crippen molar-refractivity contribution in [1.82, 2.24) is 4.98 Å². The average Bonchev–Trinajstić information content (AvgIpc) is 3.06. The van der Waals surface area contributed by atoms with E-state index in [0.29, 0.717) is 40.0 Å². The molecule has 1 heterocycles. The van der Waals surface area contributed by atoms with E-state index in [0.717, 1.165) is 16.5 Å². The fourth-order valence-corrected chi connectivity index (χ4v) is 3.24. The van der Waals surface area contributed by atoms with Crippen LogP contribution in [0.1, 0.15) is 21.6 Å². The van der Waals surface area contributed by atoms with Crippen LogP contribution in [0.2, 0.25) is 0 Å². The summed E-state index contributed by atoms with van der Waals surface area (Å²) in [5.74, 6) is 2.27. The molecule has 0 saturated heterocycles. The Bertz CT molecular complexity index is 1010. The number of aromatic nitrogens is 1. The molecule has 0 saturated carbocycles. The van der Waals surface area contributed by atoms with E-state index >= 15 is 0 Å². The molecule has 0 spiro atoms. The van der Waals surface area contributed by atoms with E-state index < -0.39 is 0 Å². The molecular weight excluding hydrogens is 362 g/mol. The van der Waals surface area contributed by atoms with Gasteiger partial charge in [-0.1, -0.05) is 0 Å². The molecule has 0 unspecified atom stereocenters. The molecule has 0 aliphatic rings. The zero-order valence-corrected chi connectivity index (χ0v) is 16.8. The summed E-state index contributed by atoms with van der Waals surface area (Å²) < 4.78 is 26.8. The van der Waals surface area contributed by atoms with Crippen LogP contribution in [0.25, 0.3) is 10.9 Å². The minimum Gasteiger partial charge on any atom is -0.493 e. The summed E-state index contributed by atoms with van der Waals surface area (Å²) >= 11 is 0. The molecule has 3 aromatic rings. The van der Waals surface area contributed by atoms with Gasteiger partial charge in [0.25, 0.3) is 0 Å². The van der Waals surface area contributed by atoms with E-state index in [-0.39, 0.29) is 5.78 Å². The number of ketones is 1. The summed E-state index contributed by atoms with van der Waals surface area (Å²) in [6, 6.07) is 6.94. The summed E-state index contributed by atoms with van der Waals surface area (Å²) in [7, 11) is 7.69. The van der Waals surface area contributed by atoms with Crippen LogP contribution in [0.15, 0.2) is 24.3 Å². The molecule has 0 radical (unpaired) electrons. The first-order valence-corrected chi connectivity index (χ1v) is 8.58. The molecule has 0 amide bonds. The predicted molar refractivity (Wildman–Crippen MR) is 106 cm³/mol. The maximum atomic E-state index is 13.2. The molecule has 7 nitrogen and oxygen atoms in total. The van der Waals surface area contributed by atoms with Crippen LogP contribution in [0.3, 0.4) is 0 Å². The van der Waals surface area contributed by atoms with Crippen molar-refractivity contribution in [2.45, 2.75) is 6.92 Å². The number of ether oxygens (including phenoxy) is 5. The van der Waals surface area contributed by atoms with E-state index in [4.69, 9.17) is 23.7 Å². The molecule has 2 aromatic carbocycles. The van der Waals surface area contributed by atoms with Crippen LogP contribution in [-0.4, -0.2) is 46.3 Å². The smallest absolute Gasteiger partial charge is 0.209 e. The Morgan fingerprint density at radius 1 is 0.750 bits per heavy atom. The van der Waals surface area contributed by atoms with Gasteiger partial charge in [-0.3, -0.25) is 4.79 Å². The lowest BCUT2D eigenvalue weighted by atomic mass is 10.0.